The Labute approximate surface area is 355 Å². The SMILES string of the molecule is CC1(C)c2ccccc2-c2ccc(N(c3cccc(C4(c5ccccc5)c5ccccc5-c5ccccc54)c3)c3ccc(-c4ccccc4)c4sc5ccccc5c34)cc21. The van der Waals surface area contributed by atoms with E-state index in [2.05, 4.69) is 231 Å². The van der Waals surface area contributed by atoms with E-state index in [1.807, 2.05) is 11.3 Å². The van der Waals surface area contributed by atoms with Crippen LogP contribution in [-0.4, -0.2) is 0 Å². The molecule has 9 aromatic carbocycles. The number of hydrogen-bond donors (Lipinski definition) is 0. The van der Waals surface area contributed by atoms with Crippen LogP contribution >= 0.6 is 11.3 Å². The minimum Gasteiger partial charge on any atom is -0.310 e. The highest BCUT2D eigenvalue weighted by atomic mass is 32.1. The molecule has 1 heterocycles. The van der Waals surface area contributed by atoms with Crippen molar-refractivity contribution in [3.8, 4) is 33.4 Å². The third-order valence-electron chi connectivity index (χ3n) is 13.4. The first-order valence-electron chi connectivity index (χ1n) is 20.9. The lowest BCUT2D eigenvalue weighted by Gasteiger charge is -2.35. The molecule has 0 amide bonds. The van der Waals surface area contributed by atoms with Crippen LogP contribution in [-0.2, 0) is 10.8 Å². The highest BCUT2D eigenvalue weighted by molar-refractivity contribution is 7.26. The molecule has 10 aromatic rings. The molecule has 0 saturated carbocycles. The number of anilines is 3. The van der Waals surface area contributed by atoms with E-state index in [1.54, 1.807) is 0 Å². The van der Waals surface area contributed by atoms with Gasteiger partial charge in [-0.05, 0) is 103 Å². The number of nitrogens with zero attached hydrogens (tertiary/aromatic N) is 1. The van der Waals surface area contributed by atoms with Gasteiger partial charge in [-0.25, -0.2) is 0 Å². The van der Waals surface area contributed by atoms with Gasteiger partial charge >= 0.3 is 0 Å². The molecule has 0 saturated heterocycles. The van der Waals surface area contributed by atoms with Crippen molar-refractivity contribution in [2.75, 3.05) is 4.90 Å². The van der Waals surface area contributed by atoms with E-state index >= 15 is 0 Å². The molecule has 1 nitrogen and oxygen atoms in total. The molecule has 0 spiro atoms. The molecule has 284 valence electrons. The molecule has 0 N–H and O–H groups in total. The minimum absolute atomic E-state index is 0.147. The second-order valence-electron chi connectivity index (χ2n) is 16.8. The van der Waals surface area contributed by atoms with Crippen molar-refractivity contribution in [1.29, 1.82) is 0 Å². The van der Waals surface area contributed by atoms with Crippen LogP contribution in [0.4, 0.5) is 17.1 Å². The number of hydrogen-bond acceptors (Lipinski definition) is 2. The van der Waals surface area contributed by atoms with Gasteiger partial charge in [0.1, 0.15) is 0 Å². The van der Waals surface area contributed by atoms with E-state index in [4.69, 9.17) is 0 Å². The number of rotatable bonds is 6. The van der Waals surface area contributed by atoms with Gasteiger partial charge in [-0.3, -0.25) is 0 Å². The van der Waals surface area contributed by atoms with Gasteiger partial charge in [0.15, 0.2) is 0 Å². The molecule has 0 unspecified atom stereocenters. The molecular weight excluding hydrogens is 743 g/mol. The second kappa shape index (κ2) is 13.3. The van der Waals surface area contributed by atoms with Crippen molar-refractivity contribution in [1.82, 2.24) is 0 Å². The third-order valence-corrected chi connectivity index (χ3v) is 14.6. The average Bonchev–Trinajstić information content (AvgIpc) is 3.92. The summed E-state index contributed by atoms with van der Waals surface area (Å²) < 4.78 is 2.59. The molecule has 0 radical (unpaired) electrons. The molecule has 12 rings (SSSR count). The van der Waals surface area contributed by atoms with Crippen molar-refractivity contribution < 1.29 is 0 Å². The molecule has 0 fully saturated rings. The first-order chi connectivity index (χ1) is 29.5. The number of thiophene rings is 1. The van der Waals surface area contributed by atoms with Gasteiger partial charge in [-0.1, -0.05) is 190 Å². The summed E-state index contributed by atoms with van der Waals surface area (Å²) in [5, 5.41) is 2.56. The van der Waals surface area contributed by atoms with Crippen molar-refractivity contribution in [3.05, 3.63) is 246 Å². The number of benzene rings is 9. The van der Waals surface area contributed by atoms with E-state index < -0.39 is 5.41 Å². The van der Waals surface area contributed by atoms with Crippen LogP contribution in [0, 0.1) is 0 Å². The van der Waals surface area contributed by atoms with E-state index in [0.717, 1.165) is 11.4 Å². The molecule has 2 aliphatic carbocycles. The lowest BCUT2D eigenvalue weighted by Crippen LogP contribution is -2.28. The zero-order chi connectivity index (χ0) is 40.0. The van der Waals surface area contributed by atoms with Gasteiger partial charge in [0.25, 0.3) is 0 Å². The van der Waals surface area contributed by atoms with Crippen LogP contribution in [0.25, 0.3) is 53.6 Å². The smallest absolute Gasteiger partial charge is 0.0714 e. The zero-order valence-electron chi connectivity index (χ0n) is 33.6. The van der Waals surface area contributed by atoms with Gasteiger partial charge < -0.3 is 4.90 Å². The molecule has 2 aliphatic rings. The molecule has 0 aliphatic heterocycles. The van der Waals surface area contributed by atoms with Gasteiger partial charge in [-0.15, -0.1) is 11.3 Å². The average molecular weight is 784 g/mol. The fourth-order valence-corrected chi connectivity index (χ4v) is 11.9. The summed E-state index contributed by atoms with van der Waals surface area (Å²) in [5.74, 6) is 0. The van der Waals surface area contributed by atoms with Crippen molar-refractivity contribution in [2.24, 2.45) is 0 Å². The summed E-state index contributed by atoms with van der Waals surface area (Å²) in [5.41, 5.74) is 18.4. The van der Waals surface area contributed by atoms with Gasteiger partial charge in [0.05, 0.1) is 11.1 Å². The maximum atomic E-state index is 2.55. The monoisotopic (exact) mass is 783 g/mol. The zero-order valence-corrected chi connectivity index (χ0v) is 34.4. The Morgan fingerprint density at radius 3 is 1.68 bits per heavy atom. The minimum atomic E-state index is -0.515. The second-order valence-corrected chi connectivity index (χ2v) is 17.8. The standard InChI is InChI=1S/C58H41NS/c1-57(2)49-28-13-9-24-44(49)47-33-32-42(37-52(47)57)59(53-35-34-43(38-18-5-3-6-19-38)56-55(53)48-27-12-16-31-54(48)60-56)41-23-17-22-40(36-41)58(39-20-7-4-8-21-39)50-29-14-10-25-45(50)46-26-11-15-30-51(46)58/h3-37H,1-2H3. The van der Waals surface area contributed by atoms with Crippen LogP contribution in [0.5, 0.6) is 0 Å². The van der Waals surface area contributed by atoms with E-state index in [9.17, 15) is 0 Å². The van der Waals surface area contributed by atoms with Gasteiger partial charge in [-0.2, -0.15) is 0 Å². The molecule has 0 bridgehead atoms. The predicted octanol–water partition coefficient (Wildman–Crippen LogP) is 15.9. The van der Waals surface area contributed by atoms with Gasteiger partial charge in [0, 0.05) is 37.0 Å². The molecule has 0 atom stereocenters. The molecular formula is C58H41NS. The Bertz CT molecular complexity index is 3250. The Hall–Kier alpha value is -7.00. The van der Waals surface area contributed by atoms with E-state index in [0.29, 0.717) is 0 Å². The Balaban J connectivity index is 1.16. The van der Waals surface area contributed by atoms with Crippen molar-refractivity contribution in [3.63, 3.8) is 0 Å². The van der Waals surface area contributed by atoms with Crippen LogP contribution in [0.1, 0.15) is 47.2 Å². The summed E-state index contributed by atoms with van der Waals surface area (Å²) in [6.07, 6.45) is 0. The topological polar surface area (TPSA) is 3.24 Å². The summed E-state index contributed by atoms with van der Waals surface area (Å²) in [4.78, 5) is 2.55. The number of fused-ring (bicyclic) bond motifs is 9. The predicted molar refractivity (Wildman–Crippen MR) is 254 cm³/mol. The lowest BCUT2D eigenvalue weighted by molar-refractivity contribution is 0.660. The first-order valence-corrected chi connectivity index (χ1v) is 21.7. The highest BCUT2D eigenvalue weighted by Gasteiger charge is 2.46. The molecule has 60 heavy (non-hydrogen) atoms. The van der Waals surface area contributed by atoms with Crippen LogP contribution in [0.3, 0.4) is 0 Å². The summed E-state index contributed by atoms with van der Waals surface area (Å²) >= 11 is 1.89. The third kappa shape index (κ3) is 4.92. The first kappa shape index (κ1) is 35.0. The highest BCUT2D eigenvalue weighted by Crippen LogP contribution is 2.58. The Morgan fingerprint density at radius 1 is 0.400 bits per heavy atom. The van der Waals surface area contributed by atoms with Crippen molar-refractivity contribution >= 4 is 48.6 Å². The summed E-state index contributed by atoms with van der Waals surface area (Å²) in [6, 6.07) is 79.3. The summed E-state index contributed by atoms with van der Waals surface area (Å²) in [6.45, 7) is 4.76. The van der Waals surface area contributed by atoms with Crippen LogP contribution in [0.2, 0.25) is 0 Å². The normalized spacial score (nSPS) is 14.1. The summed E-state index contributed by atoms with van der Waals surface area (Å²) in [7, 11) is 0. The van der Waals surface area contributed by atoms with Gasteiger partial charge in [0.2, 0.25) is 0 Å². The fraction of sp³-hybridized carbons (Fsp3) is 0.0690. The van der Waals surface area contributed by atoms with E-state index in [-0.39, 0.29) is 5.41 Å². The Morgan fingerprint density at radius 2 is 0.950 bits per heavy atom. The molecule has 1 aromatic heterocycles. The van der Waals surface area contributed by atoms with Crippen LogP contribution < -0.4 is 4.90 Å². The Kier molecular flexibility index (Phi) is 7.73. The molecule has 2 heteroatoms. The van der Waals surface area contributed by atoms with E-state index in [1.165, 1.54) is 92.6 Å². The quantitative estimate of drug-likeness (QED) is 0.162. The van der Waals surface area contributed by atoms with Crippen molar-refractivity contribution in [2.45, 2.75) is 24.7 Å². The van der Waals surface area contributed by atoms with Crippen LogP contribution in [0.15, 0.2) is 212 Å². The maximum absolute atomic E-state index is 2.55. The largest absolute Gasteiger partial charge is 0.310 e. The lowest BCUT2D eigenvalue weighted by atomic mass is 9.67. The maximum Gasteiger partial charge on any atom is 0.0714 e. The fourth-order valence-electron chi connectivity index (χ4n) is 10.7.